The standard InChI is InChI=1S/C10H16N6O/c1-5(2)11-7-8(12-6(3)4)14-10-9(13-7)15-17-16-10/h5-6H,1-4H3,(H,11,13,15)(H,12,14,16). The van der Waals surface area contributed by atoms with E-state index in [0.29, 0.717) is 22.9 Å². The first kappa shape index (κ1) is 11.6. The Morgan fingerprint density at radius 2 is 1.24 bits per heavy atom. The van der Waals surface area contributed by atoms with E-state index in [1.54, 1.807) is 0 Å². The van der Waals surface area contributed by atoms with Crippen LogP contribution in [0.4, 0.5) is 11.6 Å². The monoisotopic (exact) mass is 236 g/mol. The number of nitrogens with one attached hydrogen (secondary N) is 2. The van der Waals surface area contributed by atoms with Crippen molar-refractivity contribution in [1.82, 2.24) is 20.3 Å². The minimum absolute atomic E-state index is 0.259. The number of fused-ring (bicyclic) bond motifs is 1. The second-order valence-corrected chi connectivity index (χ2v) is 4.43. The number of nitrogens with zero attached hydrogens (tertiary/aromatic N) is 4. The van der Waals surface area contributed by atoms with E-state index in [-0.39, 0.29) is 12.1 Å². The summed E-state index contributed by atoms with van der Waals surface area (Å²) in [5.41, 5.74) is 0.810. The lowest BCUT2D eigenvalue weighted by molar-refractivity contribution is 0.314. The molecule has 17 heavy (non-hydrogen) atoms. The molecule has 0 amide bonds. The number of anilines is 2. The van der Waals surface area contributed by atoms with Gasteiger partial charge in [-0.15, -0.1) is 0 Å². The molecule has 0 spiro atoms. The van der Waals surface area contributed by atoms with E-state index in [1.807, 2.05) is 27.7 Å². The van der Waals surface area contributed by atoms with Gasteiger partial charge >= 0.3 is 0 Å². The van der Waals surface area contributed by atoms with Crippen molar-refractivity contribution in [2.75, 3.05) is 10.6 Å². The van der Waals surface area contributed by atoms with Gasteiger partial charge in [-0.1, -0.05) is 0 Å². The summed E-state index contributed by atoms with van der Waals surface area (Å²) in [5.74, 6) is 1.33. The van der Waals surface area contributed by atoms with E-state index < -0.39 is 0 Å². The molecule has 92 valence electrons. The van der Waals surface area contributed by atoms with Gasteiger partial charge in [0, 0.05) is 12.1 Å². The van der Waals surface area contributed by atoms with Gasteiger partial charge in [0.25, 0.3) is 0 Å². The van der Waals surface area contributed by atoms with Crippen molar-refractivity contribution in [2.24, 2.45) is 0 Å². The average molecular weight is 236 g/mol. The van der Waals surface area contributed by atoms with Crippen molar-refractivity contribution in [3.63, 3.8) is 0 Å². The molecule has 0 atom stereocenters. The summed E-state index contributed by atoms with van der Waals surface area (Å²) in [5, 5.41) is 13.8. The molecule has 0 unspecified atom stereocenters. The van der Waals surface area contributed by atoms with Crippen LogP contribution in [0.2, 0.25) is 0 Å². The van der Waals surface area contributed by atoms with Crippen LogP contribution in [0.15, 0.2) is 4.63 Å². The Labute approximate surface area is 99.0 Å². The van der Waals surface area contributed by atoms with E-state index in [1.165, 1.54) is 0 Å². The SMILES string of the molecule is CC(C)Nc1nc2nonc2nc1NC(C)C. The molecular formula is C10H16N6O. The molecule has 2 N–H and O–H groups in total. The third kappa shape index (κ3) is 2.61. The van der Waals surface area contributed by atoms with Crippen molar-refractivity contribution in [3.8, 4) is 0 Å². The molecule has 0 aromatic carbocycles. The van der Waals surface area contributed by atoms with Crippen molar-refractivity contribution >= 4 is 22.9 Å². The van der Waals surface area contributed by atoms with Gasteiger partial charge in [-0.3, -0.25) is 0 Å². The molecule has 0 aliphatic carbocycles. The van der Waals surface area contributed by atoms with Crippen LogP contribution in [-0.2, 0) is 0 Å². The Hall–Kier alpha value is -1.92. The molecule has 7 heteroatoms. The van der Waals surface area contributed by atoms with Crippen LogP contribution in [0.25, 0.3) is 11.3 Å². The smallest absolute Gasteiger partial charge is 0.245 e. The highest BCUT2D eigenvalue weighted by molar-refractivity contribution is 5.73. The molecule has 0 aliphatic heterocycles. The van der Waals surface area contributed by atoms with Crippen LogP contribution in [0.5, 0.6) is 0 Å². The molecule has 0 bridgehead atoms. The summed E-state index contributed by atoms with van der Waals surface area (Å²) in [6, 6.07) is 0.517. The first-order chi connectivity index (χ1) is 8.06. The Morgan fingerprint density at radius 3 is 1.59 bits per heavy atom. The van der Waals surface area contributed by atoms with Crippen molar-refractivity contribution in [2.45, 2.75) is 39.8 Å². The zero-order valence-corrected chi connectivity index (χ0v) is 10.4. The van der Waals surface area contributed by atoms with E-state index >= 15 is 0 Å². The summed E-state index contributed by atoms with van der Waals surface area (Å²) in [6.07, 6.45) is 0. The van der Waals surface area contributed by atoms with Crippen LogP contribution in [-0.4, -0.2) is 32.4 Å². The van der Waals surface area contributed by atoms with Crippen molar-refractivity contribution in [1.29, 1.82) is 0 Å². The lowest BCUT2D eigenvalue weighted by Crippen LogP contribution is -2.18. The van der Waals surface area contributed by atoms with Gasteiger partial charge in [0.2, 0.25) is 11.3 Å². The highest BCUT2D eigenvalue weighted by Crippen LogP contribution is 2.20. The Morgan fingerprint density at radius 1 is 0.824 bits per heavy atom. The average Bonchev–Trinajstić information content (AvgIpc) is 2.63. The number of hydrogen-bond donors (Lipinski definition) is 2. The summed E-state index contributed by atoms with van der Waals surface area (Å²) in [4.78, 5) is 8.65. The largest absolute Gasteiger partial charge is 0.365 e. The molecule has 2 heterocycles. The van der Waals surface area contributed by atoms with Gasteiger partial charge in [0.05, 0.1) is 0 Å². The molecule has 2 aromatic heterocycles. The minimum atomic E-state index is 0.259. The van der Waals surface area contributed by atoms with Gasteiger partial charge < -0.3 is 10.6 Å². The van der Waals surface area contributed by atoms with E-state index in [9.17, 15) is 0 Å². The highest BCUT2D eigenvalue weighted by atomic mass is 16.6. The molecule has 0 saturated heterocycles. The molecule has 0 aliphatic rings. The summed E-state index contributed by atoms with van der Waals surface area (Å²) >= 11 is 0. The maximum atomic E-state index is 4.60. The second-order valence-electron chi connectivity index (χ2n) is 4.43. The predicted molar refractivity (Wildman–Crippen MR) is 64.9 cm³/mol. The summed E-state index contributed by atoms with van der Waals surface area (Å²) < 4.78 is 4.60. The van der Waals surface area contributed by atoms with Crippen LogP contribution in [0.3, 0.4) is 0 Å². The molecular weight excluding hydrogens is 220 g/mol. The molecule has 0 saturated carbocycles. The van der Waals surface area contributed by atoms with Gasteiger partial charge in [-0.2, -0.15) is 0 Å². The van der Waals surface area contributed by atoms with Crippen LogP contribution in [0, 0.1) is 0 Å². The van der Waals surface area contributed by atoms with Gasteiger partial charge in [0.15, 0.2) is 11.6 Å². The zero-order valence-electron chi connectivity index (χ0n) is 10.4. The summed E-state index contributed by atoms with van der Waals surface area (Å²) in [7, 11) is 0. The fourth-order valence-electron chi connectivity index (χ4n) is 1.39. The molecule has 2 rings (SSSR count). The quantitative estimate of drug-likeness (QED) is 0.834. The number of rotatable bonds is 4. The van der Waals surface area contributed by atoms with Crippen LogP contribution < -0.4 is 10.6 Å². The third-order valence-corrected chi connectivity index (χ3v) is 1.97. The Kier molecular flexibility index (Phi) is 3.08. The Bertz CT molecular complexity index is 462. The minimum Gasteiger partial charge on any atom is -0.365 e. The van der Waals surface area contributed by atoms with Gasteiger partial charge in [-0.05, 0) is 38.0 Å². The lowest BCUT2D eigenvalue weighted by atomic mass is 10.3. The maximum absolute atomic E-state index is 4.60. The predicted octanol–water partition coefficient (Wildman–Crippen LogP) is 1.65. The first-order valence-corrected chi connectivity index (χ1v) is 5.59. The number of aromatic nitrogens is 4. The van der Waals surface area contributed by atoms with E-state index in [0.717, 1.165) is 0 Å². The lowest BCUT2D eigenvalue weighted by Gasteiger charge is -2.15. The van der Waals surface area contributed by atoms with Gasteiger partial charge in [-0.25, -0.2) is 14.6 Å². The zero-order chi connectivity index (χ0) is 12.4. The van der Waals surface area contributed by atoms with Gasteiger partial charge in [0.1, 0.15) is 0 Å². The topological polar surface area (TPSA) is 88.8 Å². The summed E-state index contributed by atoms with van der Waals surface area (Å²) in [6.45, 7) is 8.14. The van der Waals surface area contributed by atoms with E-state index in [4.69, 9.17) is 0 Å². The van der Waals surface area contributed by atoms with Crippen LogP contribution >= 0.6 is 0 Å². The third-order valence-electron chi connectivity index (χ3n) is 1.97. The van der Waals surface area contributed by atoms with Crippen molar-refractivity contribution in [3.05, 3.63) is 0 Å². The van der Waals surface area contributed by atoms with E-state index in [2.05, 4.69) is 35.5 Å². The van der Waals surface area contributed by atoms with Crippen molar-refractivity contribution < 1.29 is 4.63 Å². The second kappa shape index (κ2) is 4.52. The molecule has 2 aromatic rings. The molecule has 0 radical (unpaired) electrons. The molecule has 0 fully saturated rings. The fourth-order valence-corrected chi connectivity index (χ4v) is 1.39. The maximum Gasteiger partial charge on any atom is 0.245 e. The highest BCUT2D eigenvalue weighted by Gasteiger charge is 2.13. The normalized spacial score (nSPS) is 11.4. The Balaban J connectivity index is 2.43. The van der Waals surface area contributed by atoms with Crippen LogP contribution in [0.1, 0.15) is 27.7 Å². The first-order valence-electron chi connectivity index (χ1n) is 5.59. The fraction of sp³-hybridized carbons (Fsp3) is 0.600. The molecule has 7 nitrogen and oxygen atoms in total. The number of hydrogen-bond acceptors (Lipinski definition) is 7.